The van der Waals surface area contributed by atoms with Crippen LogP contribution in [-0.2, 0) is 11.2 Å². The molecule has 2 N–H and O–H groups in total. The maximum absolute atomic E-state index is 12.5. The fourth-order valence-electron chi connectivity index (χ4n) is 2.87. The largest absolute Gasteiger partial charge is 0.399 e. The molecule has 1 saturated heterocycles. The third kappa shape index (κ3) is 2.83. The molecule has 4 heteroatoms. The van der Waals surface area contributed by atoms with Crippen LogP contribution in [0, 0.1) is 0 Å². The molecule has 0 radical (unpaired) electrons. The number of nitrogens with two attached hydrogens (primary N) is 1. The van der Waals surface area contributed by atoms with E-state index in [9.17, 15) is 4.79 Å². The molecule has 0 spiro atoms. The molecule has 1 atom stereocenters. The Morgan fingerprint density at radius 3 is 2.82 bits per heavy atom. The molecule has 1 amide bonds. The van der Waals surface area contributed by atoms with Crippen LogP contribution in [0.1, 0.15) is 29.8 Å². The average Bonchev–Trinajstić information content (AvgIpc) is 2.90. The lowest BCUT2D eigenvalue weighted by atomic mass is 10.1. The van der Waals surface area contributed by atoms with Crippen LogP contribution in [0.25, 0.3) is 0 Å². The van der Waals surface area contributed by atoms with Crippen molar-refractivity contribution >= 4 is 29.0 Å². The van der Waals surface area contributed by atoms with Crippen molar-refractivity contribution in [3.05, 3.63) is 59.7 Å². The van der Waals surface area contributed by atoms with Gasteiger partial charge in [-0.2, -0.15) is 0 Å². The highest BCUT2D eigenvalue weighted by Gasteiger charge is 2.34. The third-order valence-corrected chi connectivity index (χ3v) is 5.05. The second-order valence-corrected chi connectivity index (χ2v) is 6.54. The highest BCUT2D eigenvalue weighted by molar-refractivity contribution is 8.00. The Hall–Kier alpha value is -1.94. The molecule has 1 aliphatic heterocycles. The van der Waals surface area contributed by atoms with Gasteiger partial charge in [-0.05, 0) is 35.7 Å². The maximum atomic E-state index is 12.5. The summed E-state index contributed by atoms with van der Waals surface area (Å²) < 4.78 is 0. The molecule has 2 aromatic carbocycles. The summed E-state index contributed by atoms with van der Waals surface area (Å²) in [7, 11) is 0. The van der Waals surface area contributed by atoms with Gasteiger partial charge in [0.05, 0.1) is 5.75 Å². The van der Waals surface area contributed by atoms with Gasteiger partial charge in [-0.1, -0.05) is 43.7 Å². The lowest BCUT2D eigenvalue weighted by Gasteiger charge is -2.26. The van der Waals surface area contributed by atoms with Crippen LogP contribution in [0.15, 0.2) is 48.5 Å². The van der Waals surface area contributed by atoms with Gasteiger partial charge in [0.1, 0.15) is 5.37 Å². The molecule has 1 heterocycles. The lowest BCUT2D eigenvalue weighted by Crippen LogP contribution is -2.28. The summed E-state index contributed by atoms with van der Waals surface area (Å²) in [5.74, 6) is 0.681. The predicted octanol–water partition coefficient (Wildman–Crippen LogP) is 4.00. The summed E-state index contributed by atoms with van der Waals surface area (Å²) in [6, 6.07) is 16.0. The molecule has 0 bridgehead atoms. The van der Waals surface area contributed by atoms with Gasteiger partial charge in [-0.15, -0.1) is 11.8 Å². The van der Waals surface area contributed by atoms with Gasteiger partial charge in [0.15, 0.2) is 0 Å². The number of benzene rings is 2. The number of hydrogen-bond acceptors (Lipinski definition) is 3. The van der Waals surface area contributed by atoms with Gasteiger partial charge in [-0.25, -0.2) is 0 Å². The summed E-state index contributed by atoms with van der Waals surface area (Å²) in [4.78, 5) is 14.4. The molecule has 3 nitrogen and oxygen atoms in total. The van der Waals surface area contributed by atoms with Crippen LogP contribution in [0.5, 0.6) is 0 Å². The highest BCUT2D eigenvalue weighted by atomic mass is 32.2. The maximum Gasteiger partial charge on any atom is 0.238 e. The van der Waals surface area contributed by atoms with Crippen LogP contribution < -0.4 is 10.6 Å². The number of anilines is 2. The first-order valence-corrected chi connectivity index (χ1v) is 8.62. The second kappa shape index (κ2) is 6.44. The van der Waals surface area contributed by atoms with Crippen LogP contribution >= 0.6 is 11.8 Å². The first kappa shape index (κ1) is 15.0. The zero-order valence-corrected chi connectivity index (χ0v) is 13.5. The van der Waals surface area contributed by atoms with Gasteiger partial charge < -0.3 is 5.73 Å². The number of nitrogens with zero attached hydrogens (tertiary/aromatic N) is 1. The van der Waals surface area contributed by atoms with E-state index in [1.54, 1.807) is 11.8 Å². The van der Waals surface area contributed by atoms with E-state index in [0.29, 0.717) is 5.75 Å². The van der Waals surface area contributed by atoms with Crippen molar-refractivity contribution in [2.24, 2.45) is 0 Å². The Bertz CT molecular complexity index is 686. The van der Waals surface area contributed by atoms with Gasteiger partial charge in [0.2, 0.25) is 5.91 Å². The summed E-state index contributed by atoms with van der Waals surface area (Å²) in [5, 5.41) is 0.00834. The van der Waals surface area contributed by atoms with Gasteiger partial charge in [-0.3, -0.25) is 9.69 Å². The minimum atomic E-state index is 0.00834. The molecule has 2 aromatic rings. The molecule has 0 aromatic heterocycles. The first-order valence-electron chi connectivity index (χ1n) is 7.57. The molecule has 3 rings (SSSR count). The standard InChI is InChI=1S/C18H20N2OS/c1-2-6-13-7-3-4-10-16(13)20-17(21)12-22-18(20)14-8-5-9-15(19)11-14/h3-5,7-11,18H,2,6,12,19H2,1H3/t18-/m1/s1. The Morgan fingerprint density at radius 2 is 2.05 bits per heavy atom. The number of amides is 1. The molecule has 0 aliphatic carbocycles. The fraction of sp³-hybridized carbons (Fsp3) is 0.278. The van der Waals surface area contributed by atoms with Crippen LogP contribution in [0.3, 0.4) is 0 Å². The van der Waals surface area contributed by atoms with Crippen molar-refractivity contribution in [1.29, 1.82) is 0 Å². The first-order chi connectivity index (χ1) is 10.7. The summed E-state index contributed by atoms with van der Waals surface area (Å²) in [6.07, 6.45) is 2.05. The molecule has 114 valence electrons. The quantitative estimate of drug-likeness (QED) is 0.868. The monoisotopic (exact) mass is 312 g/mol. The van der Waals surface area contributed by atoms with E-state index in [4.69, 9.17) is 5.73 Å². The average molecular weight is 312 g/mol. The topological polar surface area (TPSA) is 46.3 Å². The number of hydrogen-bond donors (Lipinski definition) is 1. The van der Waals surface area contributed by atoms with E-state index < -0.39 is 0 Å². The Morgan fingerprint density at radius 1 is 1.23 bits per heavy atom. The molecule has 1 fully saturated rings. The van der Waals surface area contributed by atoms with E-state index in [1.165, 1.54) is 5.56 Å². The molecule has 1 aliphatic rings. The van der Waals surface area contributed by atoms with Gasteiger partial charge in [0.25, 0.3) is 0 Å². The number of carbonyl (C=O) groups is 1. The predicted molar refractivity (Wildman–Crippen MR) is 94.0 cm³/mol. The Labute approximate surface area is 135 Å². The van der Waals surface area contributed by atoms with Crippen molar-refractivity contribution in [3.8, 4) is 0 Å². The smallest absolute Gasteiger partial charge is 0.238 e. The van der Waals surface area contributed by atoms with Crippen molar-refractivity contribution < 1.29 is 4.79 Å². The van der Waals surface area contributed by atoms with E-state index in [-0.39, 0.29) is 11.3 Å². The van der Waals surface area contributed by atoms with Crippen molar-refractivity contribution in [2.45, 2.75) is 25.1 Å². The normalized spacial score (nSPS) is 18.0. The zero-order valence-electron chi connectivity index (χ0n) is 12.7. The van der Waals surface area contributed by atoms with Crippen LogP contribution in [-0.4, -0.2) is 11.7 Å². The number of para-hydroxylation sites is 1. The zero-order chi connectivity index (χ0) is 15.5. The van der Waals surface area contributed by atoms with Crippen LogP contribution in [0.2, 0.25) is 0 Å². The van der Waals surface area contributed by atoms with Gasteiger partial charge >= 0.3 is 0 Å². The summed E-state index contributed by atoms with van der Waals surface area (Å²) >= 11 is 1.66. The SMILES string of the molecule is CCCc1ccccc1N1C(=O)CS[C@@H]1c1cccc(N)c1. The van der Waals surface area contributed by atoms with Crippen LogP contribution in [0.4, 0.5) is 11.4 Å². The number of aryl methyl sites for hydroxylation is 1. The number of carbonyl (C=O) groups excluding carboxylic acids is 1. The second-order valence-electron chi connectivity index (χ2n) is 5.48. The van der Waals surface area contributed by atoms with Crippen molar-refractivity contribution in [1.82, 2.24) is 0 Å². The third-order valence-electron chi connectivity index (χ3n) is 3.83. The lowest BCUT2D eigenvalue weighted by molar-refractivity contribution is -0.115. The van der Waals surface area contributed by atoms with E-state index >= 15 is 0 Å². The Kier molecular flexibility index (Phi) is 4.39. The number of rotatable bonds is 4. The molecule has 0 unspecified atom stereocenters. The molecular weight excluding hydrogens is 292 g/mol. The van der Waals surface area contributed by atoms with Gasteiger partial charge in [0, 0.05) is 11.4 Å². The van der Waals surface area contributed by atoms with E-state index in [2.05, 4.69) is 13.0 Å². The molecule has 0 saturated carbocycles. The fourth-order valence-corrected chi connectivity index (χ4v) is 4.03. The van der Waals surface area contributed by atoms with Crippen molar-refractivity contribution in [3.63, 3.8) is 0 Å². The minimum Gasteiger partial charge on any atom is -0.399 e. The van der Waals surface area contributed by atoms with Crippen molar-refractivity contribution in [2.75, 3.05) is 16.4 Å². The highest BCUT2D eigenvalue weighted by Crippen LogP contribution is 2.43. The summed E-state index contributed by atoms with van der Waals surface area (Å²) in [6.45, 7) is 2.16. The number of nitrogen functional groups attached to an aromatic ring is 1. The molecule has 22 heavy (non-hydrogen) atoms. The van der Waals surface area contributed by atoms with E-state index in [0.717, 1.165) is 29.8 Å². The van der Waals surface area contributed by atoms with E-state index in [1.807, 2.05) is 47.4 Å². The summed E-state index contributed by atoms with van der Waals surface area (Å²) in [5.41, 5.74) is 10.00. The minimum absolute atomic E-state index is 0.00834. The molecular formula is C18H20N2OS. The number of thioether (sulfide) groups is 1. The Balaban J connectivity index is 2.02.